The zero-order valence-electron chi connectivity index (χ0n) is 19.6. The monoisotopic (exact) mass is 476 g/mol. The van der Waals surface area contributed by atoms with Crippen LogP contribution in [-0.4, -0.2) is 36.4 Å². The van der Waals surface area contributed by atoms with Crippen molar-refractivity contribution >= 4 is 23.2 Å². The van der Waals surface area contributed by atoms with E-state index in [9.17, 15) is 9.59 Å². The fourth-order valence-electron chi connectivity index (χ4n) is 4.57. The molecule has 0 spiro atoms. The lowest BCUT2D eigenvalue weighted by Crippen LogP contribution is -2.47. The Bertz CT molecular complexity index is 1050. The first-order chi connectivity index (χ1) is 16.6. The Hall–Kier alpha value is -3.12. The normalized spacial score (nSPS) is 14.5. The van der Waals surface area contributed by atoms with Crippen LogP contribution in [-0.2, 0) is 22.4 Å². The van der Waals surface area contributed by atoms with Crippen molar-refractivity contribution in [2.75, 3.05) is 13.7 Å². The molecular formula is C28H32N2O3S. The Labute approximate surface area is 205 Å². The van der Waals surface area contributed by atoms with Crippen molar-refractivity contribution < 1.29 is 14.3 Å². The van der Waals surface area contributed by atoms with E-state index in [-0.39, 0.29) is 24.3 Å². The van der Waals surface area contributed by atoms with Gasteiger partial charge < -0.3 is 15.0 Å². The molecular weight excluding hydrogens is 444 g/mol. The van der Waals surface area contributed by atoms with Crippen LogP contribution >= 0.6 is 11.3 Å². The molecule has 2 aromatic carbocycles. The number of carbonyl (C=O) groups excluding carboxylic acids is 2. The predicted octanol–water partition coefficient (Wildman–Crippen LogP) is 5.17. The third-order valence-corrected chi connectivity index (χ3v) is 7.28. The van der Waals surface area contributed by atoms with Gasteiger partial charge in [0.1, 0.15) is 11.8 Å². The average Bonchev–Trinajstić information content (AvgIpc) is 3.57. The molecule has 0 aliphatic heterocycles. The van der Waals surface area contributed by atoms with Gasteiger partial charge in [0.05, 0.1) is 13.5 Å². The number of thiophene rings is 1. The minimum atomic E-state index is -0.692. The number of methoxy groups -OCH3 is 1. The minimum Gasteiger partial charge on any atom is -0.497 e. The van der Waals surface area contributed by atoms with Crippen LogP contribution in [0.15, 0.2) is 72.1 Å². The molecule has 6 heteroatoms. The molecule has 1 aromatic heterocycles. The number of amides is 2. The maximum absolute atomic E-state index is 13.7. The summed E-state index contributed by atoms with van der Waals surface area (Å²) < 4.78 is 5.32. The van der Waals surface area contributed by atoms with Crippen LogP contribution in [0.5, 0.6) is 5.75 Å². The molecule has 1 heterocycles. The van der Waals surface area contributed by atoms with E-state index in [1.165, 1.54) is 0 Å². The third-order valence-electron chi connectivity index (χ3n) is 6.40. The molecule has 0 bridgehead atoms. The van der Waals surface area contributed by atoms with Gasteiger partial charge in [0.15, 0.2) is 0 Å². The van der Waals surface area contributed by atoms with Crippen LogP contribution < -0.4 is 10.1 Å². The summed E-state index contributed by atoms with van der Waals surface area (Å²) in [6, 6.07) is 21.0. The van der Waals surface area contributed by atoms with E-state index in [1.807, 2.05) is 60.0 Å². The highest BCUT2D eigenvalue weighted by Crippen LogP contribution is 2.27. The lowest BCUT2D eigenvalue weighted by molar-refractivity contribution is -0.140. The van der Waals surface area contributed by atoms with Crippen molar-refractivity contribution in [2.24, 2.45) is 0 Å². The van der Waals surface area contributed by atoms with Crippen LogP contribution in [0, 0.1) is 0 Å². The molecule has 0 radical (unpaired) electrons. The van der Waals surface area contributed by atoms with Crippen molar-refractivity contribution in [1.29, 1.82) is 0 Å². The number of nitrogens with zero attached hydrogens (tertiary/aromatic N) is 1. The van der Waals surface area contributed by atoms with Crippen LogP contribution in [0.2, 0.25) is 0 Å². The molecule has 34 heavy (non-hydrogen) atoms. The summed E-state index contributed by atoms with van der Waals surface area (Å²) in [6.45, 7) is 0.461. The highest BCUT2D eigenvalue weighted by Gasteiger charge is 2.33. The summed E-state index contributed by atoms with van der Waals surface area (Å²) in [4.78, 5) is 30.1. The summed E-state index contributed by atoms with van der Waals surface area (Å²) in [5.41, 5.74) is 1.94. The molecule has 4 rings (SSSR count). The van der Waals surface area contributed by atoms with Gasteiger partial charge in [0, 0.05) is 17.5 Å². The Morgan fingerprint density at radius 3 is 2.41 bits per heavy atom. The quantitative estimate of drug-likeness (QED) is 0.439. The van der Waals surface area contributed by atoms with E-state index < -0.39 is 6.04 Å². The smallest absolute Gasteiger partial charge is 0.247 e. The molecule has 0 saturated heterocycles. The Morgan fingerprint density at radius 1 is 1.03 bits per heavy atom. The molecule has 1 unspecified atom stereocenters. The topological polar surface area (TPSA) is 58.6 Å². The summed E-state index contributed by atoms with van der Waals surface area (Å²) in [5.74, 6) is 0.574. The third kappa shape index (κ3) is 6.26. The van der Waals surface area contributed by atoms with Gasteiger partial charge in [-0.2, -0.15) is 0 Å². The molecule has 1 atom stereocenters. The predicted molar refractivity (Wildman–Crippen MR) is 136 cm³/mol. The maximum Gasteiger partial charge on any atom is 0.247 e. The van der Waals surface area contributed by atoms with Gasteiger partial charge in [0.2, 0.25) is 11.8 Å². The number of hydrogen-bond acceptors (Lipinski definition) is 4. The molecule has 178 valence electrons. The molecule has 2 amide bonds. The van der Waals surface area contributed by atoms with Crippen molar-refractivity contribution in [3.63, 3.8) is 0 Å². The molecule has 1 aliphatic rings. The van der Waals surface area contributed by atoms with Crippen LogP contribution in [0.3, 0.4) is 0 Å². The van der Waals surface area contributed by atoms with Crippen molar-refractivity contribution in [3.05, 3.63) is 88.1 Å². The average molecular weight is 477 g/mol. The van der Waals surface area contributed by atoms with Crippen LogP contribution in [0.4, 0.5) is 0 Å². The Balaban J connectivity index is 1.64. The molecule has 1 fully saturated rings. The van der Waals surface area contributed by atoms with E-state index in [1.54, 1.807) is 23.3 Å². The molecule has 3 aromatic rings. The second-order valence-electron chi connectivity index (χ2n) is 8.74. The Morgan fingerprint density at radius 2 is 1.76 bits per heavy atom. The molecule has 1 saturated carbocycles. The highest BCUT2D eigenvalue weighted by atomic mass is 32.1. The lowest BCUT2D eigenvalue weighted by atomic mass is 10.0. The zero-order chi connectivity index (χ0) is 23.8. The van der Waals surface area contributed by atoms with Gasteiger partial charge in [-0.3, -0.25) is 9.59 Å². The molecule has 1 aliphatic carbocycles. The fraction of sp³-hybridized carbons (Fsp3) is 0.357. The molecule has 1 N–H and O–H groups in total. The van der Waals surface area contributed by atoms with Crippen molar-refractivity contribution in [2.45, 2.75) is 50.6 Å². The van der Waals surface area contributed by atoms with Crippen LogP contribution in [0.25, 0.3) is 0 Å². The molecule has 5 nitrogen and oxygen atoms in total. The summed E-state index contributed by atoms with van der Waals surface area (Å²) >= 11 is 1.57. The van der Waals surface area contributed by atoms with Gasteiger partial charge in [0.25, 0.3) is 0 Å². The Kier molecular flexibility index (Phi) is 8.36. The van der Waals surface area contributed by atoms with Crippen molar-refractivity contribution in [3.8, 4) is 5.75 Å². The van der Waals surface area contributed by atoms with Gasteiger partial charge in [-0.1, -0.05) is 61.4 Å². The second kappa shape index (κ2) is 11.8. The van der Waals surface area contributed by atoms with Gasteiger partial charge in [-0.15, -0.1) is 11.3 Å². The van der Waals surface area contributed by atoms with Gasteiger partial charge in [-0.25, -0.2) is 0 Å². The minimum absolute atomic E-state index is 0.0410. The van der Waals surface area contributed by atoms with E-state index in [4.69, 9.17) is 4.74 Å². The largest absolute Gasteiger partial charge is 0.497 e. The van der Waals surface area contributed by atoms with E-state index in [0.29, 0.717) is 13.0 Å². The highest BCUT2D eigenvalue weighted by molar-refractivity contribution is 7.10. The van der Waals surface area contributed by atoms with Crippen molar-refractivity contribution in [1.82, 2.24) is 10.2 Å². The number of carbonyl (C=O) groups is 2. The van der Waals surface area contributed by atoms with Crippen LogP contribution in [0.1, 0.15) is 47.7 Å². The van der Waals surface area contributed by atoms with E-state index in [0.717, 1.165) is 47.4 Å². The number of benzene rings is 2. The standard InChI is InChI=1S/C28H32N2O3S/c1-33-24-15-13-22(14-16-24)27(28(32)29-23-10-5-6-11-23)30(18-17-21-8-3-2-4-9-21)26(31)20-25-12-7-19-34-25/h2-4,7-9,12-16,19,23,27H,5-6,10-11,17-18,20H2,1H3,(H,29,32). The summed E-state index contributed by atoms with van der Waals surface area (Å²) in [6.07, 6.45) is 5.22. The SMILES string of the molecule is COc1ccc(C(C(=O)NC2CCCC2)N(CCc2ccccc2)C(=O)Cc2cccs2)cc1. The summed E-state index contributed by atoms with van der Waals surface area (Å²) in [7, 11) is 1.62. The van der Waals surface area contributed by atoms with E-state index >= 15 is 0 Å². The first kappa shape index (κ1) is 24.0. The lowest BCUT2D eigenvalue weighted by Gasteiger charge is -2.32. The number of rotatable bonds is 10. The zero-order valence-corrected chi connectivity index (χ0v) is 20.4. The maximum atomic E-state index is 13.7. The summed E-state index contributed by atoms with van der Waals surface area (Å²) in [5, 5.41) is 5.21. The number of ether oxygens (including phenoxy) is 1. The number of hydrogen-bond donors (Lipinski definition) is 1. The van der Waals surface area contributed by atoms with E-state index in [2.05, 4.69) is 17.4 Å². The first-order valence-electron chi connectivity index (χ1n) is 11.9. The number of nitrogens with one attached hydrogen (secondary N) is 1. The van der Waals surface area contributed by atoms with Gasteiger partial charge >= 0.3 is 0 Å². The first-order valence-corrected chi connectivity index (χ1v) is 12.8. The fourth-order valence-corrected chi connectivity index (χ4v) is 5.26. The second-order valence-corrected chi connectivity index (χ2v) is 9.78. The van der Waals surface area contributed by atoms with Gasteiger partial charge in [-0.05, 0) is 54.0 Å².